The van der Waals surface area contributed by atoms with Crippen LogP contribution in [-0.4, -0.2) is 35.2 Å². The quantitative estimate of drug-likeness (QED) is 0.796. The van der Waals surface area contributed by atoms with Crippen LogP contribution in [0.2, 0.25) is 0 Å². The summed E-state index contributed by atoms with van der Waals surface area (Å²) < 4.78 is 7.96. The molecule has 1 atom stereocenters. The first-order valence-electron chi connectivity index (χ1n) is 8.30. The maximum Gasteiger partial charge on any atom is 0.262 e. The number of amides is 1. The minimum absolute atomic E-state index is 0.121. The number of fused-ring (bicyclic) bond motifs is 2. The molecule has 0 bridgehead atoms. The maximum absolute atomic E-state index is 12.1. The van der Waals surface area contributed by atoms with Crippen molar-refractivity contribution in [1.82, 2.24) is 14.9 Å². The Morgan fingerprint density at radius 2 is 2.00 bits per heavy atom. The predicted molar refractivity (Wildman–Crippen MR) is 96.7 cm³/mol. The Labute approximate surface area is 146 Å². The molecule has 0 aliphatic carbocycles. The SMILES string of the molecule is CNC(=O)[C@H]1CN(Cc2nc3ccccc3n2C)c2ccccc2O1. The third-order valence-electron chi connectivity index (χ3n) is 4.61. The summed E-state index contributed by atoms with van der Waals surface area (Å²) in [5.41, 5.74) is 3.06. The van der Waals surface area contributed by atoms with Gasteiger partial charge in [0.15, 0.2) is 6.10 Å². The van der Waals surface area contributed by atoms with E-state index in [1.807, 2.05) is 49.5 Å². The highest BCUT2D eigenvalue weighted by atomic mass is 16.5. The lowest BCUT2D eigenvalue weighted by atomic mass is 10.1. The average Bonchev–Trinajstić information content (AvgIpc) is 2.97. The van der Waals surface area contributed by atoms with Gasteiger partial charge in [-0.3, -0.25) is 4.79 Å². The van der Waals surface area contributed by atoms with Gasteiger partial charge in [0.05, 0.1) is 29.8 Å². The molecule has 6 heteroatoms. The van der Waals surface area contributed by atoms with Crippen molar-refractivity contribution in [1.29, 1.82) is 0 Å². The molecule has 3 aromatic rings. The molecule has 0 fully saturated rings. The molecule has 2 aromatic carbocycles. The van der Waals surface area contributed by atoms with Gasteiger partial charge in [-0.1, -0.05) is 24.3 Å². The van der Waals surface area contributed by atoms with Crippen molar-refractivity contribution in [2.24, 2.45) is 7.05 Å². The van der Waals surface area contributed by atoms with E-state index in [4.69, 9.17) is 9.72 Å². The monoisotopic (exact) mass is 336 g/mol. The Morgan fingerprint density at radius 3 is 2.80 bits per heavy atom. The number of imidazole rings is 1. The highest BCUT2D eigenvalue weighted by Gasteiger charge is 2.30. The standard InChI is InChI=1S/C19H20N4O2/c1-20-19(24)17-11-23(15-9-5-6-10-16(15)25-17)12-18-21-13-7-3-4-8-14(13)22(18)2/h3-10,17H,11-12H2,1-2H3,(H,20,24)/t17-/m1/s1. The molecule has 2 heterocycles. The minimum atomic E-state index is -0.533. The molecule has 0 saturated carbocycles. The zero-order valence-corrected chi connectivity index (χ0v) is 14.3. The minimum Gasteiger partial charge on any atom is -0.477 e. The van der Waals surface area contributed by atoms with Crippen LogP contribution in [0.25, 0.3) is 11.0 Å². The summed E-state index contributed by atoms with van der Waals surface area (Å²) in [6, 6.07) is 15.9. The fraction of sp³-hybridized carbons (Fsp3) is 0.263. The Morgan fingerprint density at radius 1 is 1.24 bits per heavy atom. The fourth-order valence-electron chi connectivity index (χ4n) is 3.26. The van der Waals surface area contributed by atoms with Gasteiger partial charge in [0.1, 0.15) is 11.6 Å². The molecule has 1 aliphatic rings. The first-order chi connectivity index (χ1) is 12.2. The first kappa shape index (κ1) is 15.5. The van der Waals surface area contributed by atoms with Crippen molar-refractivity contribution in [3.63, 3.8) is 0 Å². The largest absolute Gasteiger partial charge is 0.477 e. The Kier molecular flexibility index (Phi) is 3.80. The number of para-hydroxylation sites is 4. The van der Waals surface area contributed by atoms with Gasteiger partial charge in [0, 0.05) is 14.1 Å². The van der Waals surface area contributed by atoms with Crippen LogP contribution >= 0.6 is 0 Å². The number of anilines is 1. The van der Waals surface area contributed by atoms with Gasteiger partial charge in [-0.15, -0.1) is 0 Å². The second-order valence-electron chi connectivity index (χ2n) is 6.14. The molecule has 1 N–H and O–H groups in total. The van der Waals surface area contributed by atoms with Crippen LogP contribution in [-0.2, 0) is 18.4 Å². The van der Waals surface area contributed by atoms with Crippen molar-refractivity contribution in [3.05, 3.63) is 54.4 Å². The maximum atomic E-state index is 12.1. The van der Waals surface area contributed by atoms with Crippen LogP contribution in [0, 0.1) is 0 Å². The van der Waals surface area contributed by atoms with Gasteiger partial charge < -0.3 is 19.5 Å². The van der Waals surface area contributed by atoms with Crippen LogP contribution in [0.15, 0.2) is 48.5 Å². The molecule has 0 radical (unpaired) electrons. The Bertz CT molecular complexity index is 934. The van der Waals surface area contributed by atoms with Crippen molar-refractivity contribution in [3.8, 4) is 5.75 Å². The molecule has 6 nitrogen and oxygen atoms in total. The molecule has 1 amide bonds. The molecule has 25 heavy (non-hydrogen) atoms. The van der Waals surface area contributed by atoms with E-state index in [-0.39, 0.29) is 5.91 Å². The third-order valence-corrected chi connectivity index (χ3v) is 4.61. The number of aryl methyl sites for hydroxylation is 1. The molecule has 0 unspecified atom stereocenters. The zero-order valence-electron chi connectivity index (χ0n) is 14.3. The Balaban J connectivity index is 1.70. The third kappa shape index (κ3) is 2.69. The van der Waals surface area contributed by atoms with E-state index in [0.717, 1.165) is 28.3 Å². The number of ether oxygens (including phenoxy) is 1. The van der Waals surface area contributed by atoms with E-state index < -0.39 is 6.10 Å². The van der Waals surface area contributed by atoms with Gasteiger partial charge >= 0.3 is 0 Å². The van der Waals surface area contributed by atoms with Crippen LogP contribution in [0.4, 0.5) is 5.69 Å². The number of likely N-dealkylation sites (N-methyl/N-ethyl adjacent to an activating group) is 1. The number of nitrogens with zero attached hydrogens (tertiary/aromatic N) is 3. The van der Waals surface area contributed by atoms with Crippen LogP contribution in [0.5, 0.6) is 5.75 Å². The van der Waals surface area contributed by atoms with Crippen molar-refractivity contribution in [2.45, 2.75) is 12.6 Å². The smallest absolute Gasteiger partial charge is 0.262 e. The topological polar surface area (TPSA) is 59.4 Å². The van der Waals surface area contributed by atoms with E-state index in [9.17, 15) is 4.79 Å². The fourth-order valence-corrected chi connectivity index (χ4v) is 3.26. The highest BCUT2D eigenvalue weighted by Crippen LogP contribution is 2.34. The van der Waals surface area contributed by atoms with E-state index in [2.05, 4.69) is 20.9 Å². The van der Waals surface area contributed by atoms with Gasteiger partial charge in [-0.05, 0) is 24.3 Å². The number of hydrogen-bond donors (Lipinski definition) is 1. The lowest BCUT2D eigenvalue weighted by Gasteiger charge is -2.35. The summed E-state index contributed by atoms with van der Waals surface area (Å²) in [6.07, 6.45) is -0.533. The molecule has 1 aromatic heterocycles. The average molecular weight is 336 g/mol. The number of hydrogen-bond acceptors (Lipinski definition) is 4. The summed E-state index contributed by atoms with van der Waals surface area (Å²) in [5.74, 6) is 1.55. The van der Waals surface area contributed by atoms with Gasteiger partial charge in [0.25, 0.3) is 5.91 Å². The molecular formula is C19H20N4O2. The molecule has 4 rings (SSSR count). The van der Waals surface area contributed by atoms with Crippen molar-refractivity contribution < 1.29 is 9.53 Å². The number of carbonyl (C=O) groups is 1. The van der Waals surface area contributed by atoms with E-state index in [1.165, 1.54) is 0 Å². The summed E-state index contributed by atoms with van der Waals surface area (Å²) in [6.45, 7) is 1.10. The lowest BCUT2D eigenvalue weighted by Crippen LogP contribution is -2.48. The Hall–Kier alpha value is -3.02. The summed E-state index contributed by atoms with van der Waals surface area (Å²) in [4.78, 5) is 19.0. The molecule has 128 valence electrons. The number of carbonyl (C=O) groups excluding carboxylic acids is 1. The summed E-state index contributed by atoms with van der Waals surface area (Å²) >= 11 is 0. The van der Waals surface area contributed by atoms with E-state index in [0.29, 0.717) is 13.1 Å². The van der Waals surface area contributed by atoms with E-state index >= 15 is 0 Å². The molecule has 0 saturated heterocycles. The summed E-state index contributed by atoms with van der Waals surface area (Å²) in [7, 11) is 3.65. The normalized spacial score (nSPS) is 16.4. The highest BCUT2D eigenvalue weighted by molar-refractivity contribution is 5.83. The number of rotatable bonds is 3. The van der Waals surface area contributed by atoms with Crippen molar-refractivity contribution >= 4 is 22.6 Å². The predicted octanol–water partition coefficient (Wildman–Crippen LogP) is 2.09. The van der Waals surface area contributed by atoms with Crippen LogP contribution in [0.1, 0.15) is 5.82 Å². The van der Waals surface area contributed by atoms with Crippen LogP contribution < -0.4 is 15.0 Å². The number of benzene rings is 2. The zero-order chi connectivity index (χ0) is 17.4. The first-order valence-corrected chi connectivity index (χ1v) is 8.30. The number of nitrogens with one attached hydrogen (secondary N) is 1. The van der Waals surface area contributed by atoms with Gasteiger partial charge in [0.2, 0.25) is 0 Å². The van der Waals surface area contributed by atoms with Crippen molar-refractivity contribution in [2.75, 3.05) is 18.5 Å². The lowest BCUT2D eigenvalue weighted by molar-refractivity contribution is -0.127. The van der Waals surface area contributed by atoms with Crippen LogP contribution in [0.3, 0.4) is 0 Å². The second kappa shape index (κ2) is 6.12. The number of aromatic nitrogens is 2. The molecule has 0 spiro atoms. The van der Waals surface area contributed by atoms with E-state index in [1.54, 1.807) is 7.05 Å². The van der Waals surface area contributed by atoms with Gasteiger partial charge in [-0.25, -0.2) is 4.98 Å². The molecule has 1 aliphatic heterocycles. The van der Waals surface area contributed by atoms with Gasteiger partial charge in [-0.2, -0.15) is 0 Å². The molecular weight excluding hydrogens is 316 g/mol. The summed E-state index contributed by atoms with van der Waals surface area (Å²) in [5, 5.41) is 2.67. The second-order valence-corrected chi connectivity index (χ2v) is 6.14.